The SMILES string of the molecule is CC(C)(C)C(=O)COCC#CCCl. The summed E-state index contributed by atoms with van der Waals surface area (Å²) >= 11 is 5.32. The fourth-order valence-corrected chi connectivity index (χ4v) is 0.604. The zero-order valence-electron chi connectivity index (χ0n) is 8.32. The fourth-order valence-electron chi connectivity index (χ4n) is 0.510. The molecule has 0 radical (unpaired) electrons. The molecule has 0 aromatic carbocycles. The Balaban J connectivity index is 3.61. The van der Waals surface area contributed by atoms with Gasteiger partial charge in [0, 0.05) is 5.41 Å². The molecule has 0 rings (SSSR count). The molecule has 0 aromatic rings. The molecule has 0 spiro atoms. The van der Waals surface area contributed by atoms with Crippen molar-refractivity contribution in [2.45, 2.75) is 20.8 Å². The third kappa shape index (κ3) is 6.62. The summed E-state index contributed by atoms with van der Waals surface area (Å²) in [5.74, 6) is 5.71. The van der Waals surface area contributed by atoms with Crippen LogP contribution >= 0.6 is 11.6 Å². The number of alkyl halides is 1. The normalized spacial score (nSPS) is 10.5. The molecular weight excluding hydrogens is 188 g/mol. The van der Waals surface area contributed by atoms with Gasteiger partial charge in [-0.25, -0.2) is 0 Å². The first-order chi connectivity index (χ1) is 5.98. The molecule has 0 bridgehead atoms. The molecule has 0 aromatic heterocycles. The van der Waals surface area contributed by atoms with Crippen molar-refractivity contribution in [1.82, 2.24) is 0 Å². The monoisotopic (exact) mass is 202 g/mol. The van der Waals surface area contributed by atoms with E-state index in [1.54, 1.807) is 0 Å². The van der Waals surface area contributed by atoms with Crippen molar-refractivity contribution in [2.24, 2.45) is 5.41 Å². The molecule has 74 valence electrons. The Morgan fingerprint density at radius 2 is 2.00 bits per heavy atom. The van der Waals surface area contributed by atoms with Crippen LogP contribution in [0.15, 0.2) is 0 Å². The smallest absolute Gasteiger partial charge is 0.163 e. The van der Waals surface area contributed by atoms with E-state index in [9.17, 15) is 4.79 Å². The van der Waals surface area contributed by atoms with E-state index < -0.39 is 0 Å². The molecule has 0 saturated heterocycles. The number of hydrogen-bond acceptors (Lipinski definition) is 2. The molecule has 0 fully saturated rings. The largest absolute Gasteiger partial charge is 0.361 e. The number of hydrogen-bond donors (Lipinski definition) is 0. The van der Waals surface area contributed by atoms with Crippen molar-refractivity contribution >= 4 is 17.4 Å². The van der Waals surface area contributed by atoms with E-state index in [-0.39, 0.29) is 24.4 Å². The van der Waals surface area contributed by atoms with E-state index in [4.69, 9.17) is 16.3 Å². The quantitative estimate of drug-likeness (QED) is 0.397. The summed E-state index contributed by atoms with van der Waals surface area (Å²) in [6, 6.07) is 0. The maximum Gasteiger partial charge on any atom is 0.163 e. The van der Waals surface area contributed by atoms with E-state index in [0.29, 0.717) is 5.88 Å². The summed E-state index contributed by atoms with van der Waals surface area (Å²) in [7, 11) is 0. The number of carbonyl (C=O) groups excluding carboxylic acids is 1. The minimum atomic E-state index is -0.333. The van der Waals surface area contributed by atoms with Crippen LogP contribution in [-0.2, 0) is 9.53 Å². The van der Waals surface area contributed by atoms with Crippen molar-refractivity contribution in [1.29, 1.82) is 0 Å². The Kier molecular flexibility index (Phi) is 5.77. The lowest BCUT2D eigenvalue weighted by molar-refractivity contribution is -0.130. The zero-order chi connectivity index (χ0) is 10.3. The van der Waals surface area contributed by atoms with Crippen LogP contribution in [0, 0.1) is 17.3 Å². The van der Waals surface area contributed by atoms with Gasteiger partial charge in [-0.3, -0.25) is 4.79 Å². The third-order valence-corrected chi connectivity index (χ3v) is 1.57. The molecule has 13 heavy (non-hydrogen) atoms. The molecule has 3 heteroatoms. The minimum absolute atomic E-state index is 0.0835. The lowest BCUT2D eigenvalue weighted by atomic mass is 9.91. The molecular formula is C10H15ClO2. The van der Waals surface area contributed by atoms with E-state index in [1.807, 2.05) is 20.8 Å². The van der Waals surface area contributed by atoms with Crippen LogP contribution in [0.1, 0.15) is 20.8 Å². The van der Waals surface area contributed by atoms with Crippen LogP contribution in [0.3, 0.4) is 0 Å². The standard InChI is InChI=1S/C10H15ClO2/c1-10(2,3)9(12)8-13-7-5-4-6-11/h6-8H2,1-3H3. The molecule has 0 aliphatic rings. The molecule has 0 saturated carbocycles. The van der Waals surface area contributed by atoms with Crippen LogP contribution < -0.4 is 0 Å². The van der Waals surface area contributed by atoms with Crippen molar-refractivity contribution < 1.29 is 9.53 Å². The van der Waals surface area contributed by atoms with Crippen molar-refractivity contribution in [3.63, 3.8) is 0 Å². The number of ketones is 1. The highest BCUT2D eigenvalue weighted by Gasteiger charge is 2.20. The van der Waals surface area contributed by atoms with E-state index in [1.165, 1.54) is 0 Å². The Hall–Kier alpha value is -0.520. The van der Waals surface area contributed by atoms with Crippen molar-refractivity contribution in [2.75, 3.05) is 19.1 Å². The third-order valence-electron chi connectivity index (χ3n) is 1.44. The second-order valence-electron chi connectivity index (χ2n) is 3.65. The van der Waals surface area contributed by atoms with Crippen LogP contribution in [0.4, 0.5) is 0 Å². The van der Waals surface area contributed by atoms with Gasteiger partial charge in [-0.05, 0) is 0 Å². The lowest BCUT2D eigenvalue weighted by Gasteiger charge is -2.15. The average molecular weight is 203 g/mol. The van der Waals surface area contributed by atoms with Gasteiger partial charge >= 0.3 is 0 Å². The highest BCUT2D eigenvalue weighted by Crippen LogP contribution is 2.13. The Labute approximate surface area is 84.6 Å². The number of carbonyl (C=O) groups is 1. The summed E-state index contributed by atoms with van der Waals surface area (Å²) < 4.78 is 5.04. The summed E-state index contributed by atoms with van der Waals surface area (Å²) in [5.41, 5.74) is -0.333. The van der Waals surface area contributed by atoms with Gasteiger partial charge < -0.3 is 4.74 Å². The van der Waals surface area contributed by atoms with Gasteiger partial charge in [-0.2, -0.15) is 0 Å². The Morgan fingerprint density at radius 3 is 2.46 bits per heavy atom. The number of halogens is 1. The van der Waals surface area contributed by atoms with Gasteiger partial charge in [0.05, 0.1) is 5.88 Å². The molecule has 0 unspecified atom stereocenters. The Morgan fingerprint density at radius 1 is 1.38 bits per heavy atom. The molecule has 0 heterocycles. The van der Waals surface area contributed by atoms with Crippen LogP contribution in [0.2, 0.25) is 0 Å². The van der Waals surface area contributed by atoms with Gasteiger partial charge in [0.15, 0.2) is 5.78 Å². The van der Waals surface area contributed by atoms with Crippen molar-refractivity contribution in [3.05, 3.63) is 0 Å². The van der Waals surface area contributed by atoms with Gasteiger partial charge in [0.25, 0.3) is 0 Å². The second kappa shape index (κ2) is 6.01. The summed E-state index contributed by atoms with van der Waals surface area (Å²) in [4.78, 5) is 11.3. The maximum atomic E-state index is 11.3. The van der Waals surface area contributed by atoms with Gasteiger partial charge in [-0.15, -0.1) is 11.6 Å². The predicted molar refractivity (Wildman–Crippen MR) is 53.8 cm³/mol. The van der Waals surface area contributed by atoms with E-state index >= 15 is 0 Å². The first-order valence-electron chi connectivity index (χ1n) is 4.11. The summed E-state index contributed by atoms with van der Waals surface area (Å²) in [5, 5.41) is 0. The fraction of sp³-hybridized carbons (Fsp3) is 0.700. The Bertz CT molecular complexity index is 217. The summed E-state index contributed by atoms with van der Waals surface area (Å²) in [6.45, 7) is 5.99. The maximum absolute atomic E-state index is 11.3. The first-order valence-corrected chi connectivity index (χ1v) is 4.64. The second-order valence-corrected chi connectivity index (χ2v) is 3.92. The summed E-state index contributed by atoms with van der Waals surface area (Å²) in [6.07, 6.45) is 0. The number of Topliss-reactive ketones (excluding diaryl/α,β-unsaturated/α-hetero) is 1. The van der Waals surface area contributed by atoms with Crippen LogP contribution in [0.25, 0.3) is 0 Å². The molecule has 0 N–H and O–H groups in total. The highest BCUT2D eigenvalue weighted by molar-refractivity contribution is 6.19. The van der Waals surface area contributed by atoms with Gasteiger partial charge in [0.2, 0.25) is 0 Å². The average Bonchev–Trinajstić information content (AvgIpc) is 2.02. The zero-order valence-corrected chi connectivity index (χ0v) is 9.07. The van der Waals surface area contributed by atoms with Crippen LogP contribution in [0.5, 0.6) is 0 Å². The van der Waals surface area contributed by atoms with E-state index in [0.717, 1.165) is 0 Å². The topological polar surface area (TPSA) is 26.3 Å². The van der Waals surface area contributed by atoms with Crippen molar-refractivity contribution in [3.8, 4) is 11.8 Å². The van der Waals surface area contributed by atoms with Gasteiger partial charge in [0.1, 0.15) is 13.2 Å². The van der Waals surface area contributed by atoms with Gasteiger partial charge in [-0.1, -0.05) is 32.6 Å². The molecule has 0 aliphatic carbocycles. The molecule has 0 amide bonds. The highest BCUT2D eigenvalue weighted by atomic mass is 35.5. The molecule has 0 aliphatic heterocycles. The predicted octanol–water partition coefficient (Wildman–Crippen LogP) is 1.86. The number of rotatable bonds is 3. The minimum Gasteiger partial charge on any atom is -0.361 e. The lowest BCUT2D eigenvalue weighted by Crippen LogP contribution is -2.24. The molecule has 0 atom stereocenters. The molecule has 2 nitrogen and oxygen atoms in total. The van der Waals surface area contributed by atoms with E-state index in [2.05, 4.69) is 11.8 Å². The first kappa shape index (κ1) is 12.5. The number of ether oxygens (including phenoxy) is 1. The van der Waals surface area contributed by atoms with Crippen LogP contribution in [-0.4, -0.2) is 24.9 Å².